The Kier molecular flexibility index (Phi) is 18.5. The molecule has 0 aliphatic rings. The summed E-state index contributed by atoms with van der Waals surface area (Å²) in [5.41, 5.74) is 5.30. The highest BCUT2D eigenvalue weighted by Gasteiger charge is 2.16. The number of aliphatic carboxylic acids is 1. The van der Waals surface area contributed by atoms with Crippen LogP contribution in [0.25, 0.3) is 0 Å². The number of hydrogen-bond donors (Lipinski definition) is 2. The maximum absolute atomic E-state index is 11.6. The summed E-state index contributed by atoms with van der Waals surface area (Å²) in [7, 11) is 0. The van der Waals surface area contributed by atoms with E-state index < -0.39 is 23.9 Å². The number of unbranched alkanes of at least 4 members (excludes halogenated alkanes) is 11. The van der Waals surface area contributed by atoms with Crippen molar-refractivity contribution in [1.29, 1.82) is 0 Å². The first-order valence-corrected chi connectivity index (χ1v) is 11.3. The molecule has 0 aromatic rings. The summed E-state index contributed by atoms with van der Waals surface area (Å²) in [5.74, 6) is -2.42. The SMILES string of the molecule is CCCCCCCC/C=C\CCCCCCCC(=O)OC(=O)CC[C@H](N)C(=O)O. The average molecular weight is 412 g/mol. The van der Waals surface area contributed by atoms with Crippen LogP contribution in [-0.4, -0.2) is 29.1 Å². The topological polar surface area (TPSA) is 107 Å². The summed E-state index contributed by atoms with van der Waals surface area (Å²) in [6.07, 6.45) is 20.0. The van der Waals surface area contributed by atoms with Crippen LogP contribution in [0.4, 0.5) is 0 Å². The first-order valence-electron chi connectivity index (χ1n) is 11.3. The Balaban J connectivity index is 3.43. The van der Waals surface area contributed by atoms with Crippen LogP contribution in [-0.2, 0) is 19.1 Å². The Hall–Kier alpha value is -1.69. The van der Waals surface area contributed by atoms with Gasteiger partial charge in [-0.1, -0.05) is 70.4 Å². The molecule has 0 aliphatic heterocycles. The van der Waals surface area contributed by atoms with E-state index in [9.17, 15) is 14.4 Å². The number of carboxylic acids is 1. The molecule has 0 aliphatic carbocycles. The molecule has 0 bridgehead atoms. The predicted molar refractivity (Wildman–Crippen MR) is 115 cm³/mol. The van der Waals surface area contributed by atoms with Crippen LogP contribution in [0.3, 0.4) is 0 Å². The van der Waals surface area contributed by atoms with E-state index in [0.717, 1.165) is 25.7 Å². The maximum Gasteiger partial charge on any atom is 0.320 e. The molecule has 0 aromatic carbocycles. The normalized spacial score (nSPS) is 12.2. The zero-order valence-corrected chi connectivity index (χ0v) is 18.2. The van der Waals surface area contributed by atoms with Crippen molar-refractivity contribution >= 4 is 17.9 Å². The van der Waals surface area contributed by atoms with Gasteiger partial charge < -0.3 is 15.6 Å². The van der Waals surface area contributed by atoms with Crippen molar-refractivity contribution in [2.45, 2.75) is 116 Å². The minimum Gasteiger partial charge on any atom is -0.480 e. The van der Waals surface area contributed by atoms with Crippen molar-refractivity contribution in [1.82, 2.24) is 0 Å². The molecule has 6 heteroatoms. The molecule has 0 amide bonds. The number of allylic oxidation sites excluding steroid dienone is 2. The van der Waals surface area contributed by atoms with Crippen molar-refractivity contribution < 1.29 is 24.2 Å². The third-order valence-corrected chi connectivity index (χ3v) is 4.85. The fraction of sp³-hybridized carbons (Fsp3) is 0.783. The second-order valence-corrected chi connectivity index (χ2v) is 7.66. The van der Waals surface area contributed by atoms with E-state index in [0.29, 0.717) is 6.42 Å². The fourth-order valence-electron chi connectivity index (χ4n) is 2.97. The van der Waals surface area contributed by atoms with Crippen LogP contribution in [0, 0.1) is 0 Å². The van der Waals surface area contributed by atoms with Crippen molar-refractivity contribution in [3.63, 3.8) is 0 Å². The summed E-state index contributed by atoms with van der Waals surface area (Å²) < 4.78 is 4.66. The Morgan fingerprint density at radius 3 is 1.83 bits per heavy atom. The van der Waals surface area contributed by atoms with Crippen LogP contribution in [0.1, 0.15) is 110 Å². The number of rotatable bonds is 19. The molecule has 0 fully saturated rings. The monoisotopic (exact) mass is 411 g/mol. The van der Waals surface area contributed by atoms with E-state index in [1.807, 2.05) is 0 Å². The molecule has 0 spiro atoms. The molecule has 0 unspecified atom stereocenters. The van der Waals surface area contributed by atoms with Gasteiger partial charge in [-0.25, -0.2) is 0 Å². The third-order valence-electron chi connectivity index (χ3n) is 4.85. The molecule has 0 saturated heterocycles. The van der Waals surface area contributed by atoms with Gasteiger partial charge in [0.2, 0.25) is 0 Å². The zero-order valence-electron chi connectivity index (χ0n) is 18.2. The summed E-state index contributed by atoms with van der Waals surface area (Å²) in [5, 5.41) is 8.63. The fourth-order valence-corrected chi connectivity index (χ4v) is 2.97. The third kappa shape index (κ3) is 19.4. The Bertz CT molecular complexity index is 476. The lowest BCUT2D eigenvalue weighted by molar-refractivity contribution is -0.159. The van der Waals surface area contributed by atoms with Crippen LogP contribution >= 0.6 is 0 Å². The van der Waals surface area contributed by atoms with Gasteiger partial charge in [0, 0.05) is 12.8 Å². The zero-order chi connectivity index (χ0) is 21.7. The lowest BCUT2D eigenvalue weighted by Gasteiger charge is -2.06. The van der Waals surface area contributed by atoms with E-state index in [1.165, 1.54) is 51.4 Å². The van der Waals surface area contributed by atoms with Gasteiger partial charge in [-0.15, -0.1) is 0 Å². The summed E-state index contributed by atoms with van der Waals surface area (Å²) in [6, 6.07) is -1.11. The summed E-state index contributed by atoms with van der Waals surface area (Å²) in [6.45, 7) is 2.24. The maximum atomic E-state index is 11.6. The highest BCUT2D eigenvalue weighted by atomic mass is 16.6. The average Bonchev–Trinajstić information content (AvgIpc) is 2.68. The molecule has 168 valence electrons. The lowest BCUT2D eigenvalue weighted by atomic mass is 10.1. The first kappa shape index (κ1) is 27.3. The van der Waals surface area contributed by atoms with Crippen LogP contribution in [0.2, 0.25) is 0 Å². The predicted octanol–water partition coefficient (Wildman–Crippen LogP) is 5.29. The lowest BCUT2D eigenvalue weighted by Crippen LogP contribution is -2.30. The molecule has 0 saturated carbocycles. The molecular formula is C23H41NO5. The number of carbonyl (C=O) groups is 3. The molecule has 1 atom stereocenters. The van der Waals surface area contributed by atoms with Gasteiger partial charge in [0.1, 0.15) is 6.04 Å². The molecule has 6 nitrogen and oxygen atoms in total. The minimum absolute atomic E-state index is 0.0329. The van der Waals surface area contributed by atoms with Crippen LogP contribution < -0.4 is 5.73 Å². The summed E-state index contributed by atoms with van der Waals surface area (Å²) in [4.78, 5) is 33.6. The molecule has 0 radical (unpaired) electrons. The summed E-state index contributed by atoms with van der Waals surface area (Å²) >= 11 is 0. The van der Waals surface area contributed by atoms with Gasteiger partial charge in [0.25, 0.3) is 0 Å². The number of esters is 2. The van der Waals surface area contributed by atoms with Gasteiger partial charge in [0.05, 0.1) is 0 Å². The van der Waals surface area contributed by atoms with Crippen molar-refractivity contribution in [3.8, 4) is 0 Å². The van der Waals surface area contributed by atoms with E-state index in [1.54, 1.807) is 0 Å². The standard InChI is InChI=1S/C23H41NO5/c1-2-3-4-5-6-7-8-9-10-11-12-13-14-15-16-17-21(25)29-22(26)19-18-20(24)23(27)28/h9-10,20H,2-8,11-19,24H2,1H3,(H,27,28)/b10-9-/t20-/m0/s1. The first-order chi connectivity index (χ1) is 14.0. The molecule has 3 N–H and O–H groups in total. The Labute approximate surface area is 176 Å². The van der Waals surface area contributed by atoms with Gasteiger partial charge >= 0.3 is 17.9 Å². The molecule has 0 heterocycles. The van der Waals surface area contributed by atoms with Crippen LogP contribution in [0.5, 0.6) is 0 Å². The largest absolute Gasteiger partial charge is 0.480 e. The second-order valence-electron chi connectivity index (χ2n) is 7.66. The number of carboxylic acid groups (broad SMARTS) is 1. The molecule has 0 aromatic heterocycles. The molecular weight excluding hydrogens is 370 g/mol. The van der Waals surface area contributed by atoms with Gasteiger partial charge in [-0.2, -0.15) is 0 Å². The quantitative estimate of drug-likeness (QED) is 0.129. The Morgan fingerprint density at radius 2 is 1.28 bits per heavy atom. The second kappa shape index (κ2) is 19.6. The smallest absolute Gasteiger partial charge is 0.320 e. The Morgan fingerprint density at radius 1 is 0.793 bits per heavy atom. The van der Waals surface area contributed by atoms with Gasteiger partial charge in [-0.05, 0) is 38.5 Å². The van der Waals surface area contributed by atoms with Crippen molar-refractivity contribution in [3.05, 3.63) is 12.2 Å². The minimum atomic E-state index is -1.17. The van der Waals surface area contributed by atoms with E-state index in [2.05, 4.69) is 23.8 Å². The number of nitrogens with two attached hydrogens (primary N) is 1. The van der Waals surface area contributed by atoms with E-state index >= 15 is 0 Å². The van der Waals surface area contributed by atoms with Gasteiger partial charge in [0.15, 0.2) is 0 Å². The number of hydrogen-bond acceptors (Lipinski definition) is 5. The van der Waals surface area contributed by atoms with E-state index in [4.69, 9.17) is 10.8 Å². The van der Waals surface area contributed by atoms with Crippen molar-refractivity contribution in [2.24, 2.45) is 5.73 Å². The molecule has 0 rings (SSSR count). The molecule has 29 heavy (non-hydrogen) atoms. The highest BCUT2D eigenvalue weighted by Crippen LogP contribution is 2.10. The van der Waals surface area contributed by atoms with Crippen molar-refractivity contribution in [2.75, 3.05) is 0 Å². The number of ether oxygens (including phenoxy) is 1. The van der Waals surface area contributed by atoms with Crippen LogP contribution in [0.15, 0.2) is 12.2 Å². The van der Waals surface area contributed by atoms with Gasteiger partial charge in [-0.3, -0.25) is 14.4 Å². The highest BCUT2D eigenvalue weighted by molar-refractivity contribution is 5.85. The number of carbonyl (C=O) groups excluding carboxylic acids is 2. The van der Waals surface area contributed by atoms with E-state index in [-0.39, 0.29) is 19.3 Å².